The summed E-state index contributed by atoms with van der Waals surface area (Å²) >= 11 is 1.33. The number of rotatable bonds is 9. The molecule has 0 radical (unpaired) electrons. The van der Waals surface area contributed by atoms with E-state index in [0.29, 0.717) is 35.7 Å². The fraction of sp³-hybridized carbons (Fsp3) is 0.222. The smallest absolute Gasteiger partial charge is 0.262 e. The van der Waals surface area contributed by atoms with Gasteiger partial charge in [-0.05, 0) is 36.6 Å². The van der Waals surface area contributed by atoms with Gasteiger partial charge in [-0.1, -0.05) is 84.6 Å². The van der Waals surface area contributed by atoms with Crippen LogP contribution in [-0.4, -0.2) is 32.7 Å². The molecule has 0 aliphatic heterocycles. The topological polar surface area (TPSA) is 55.2 Å². The monoisotopic (exact) mass is 457 g/mol. The van der Waals surface area contributed by atoms with Gasteiger partial charge in [0, 0.05) is 19.6 Å². The second-order valence-electron chi connectivity index (χ2n) is 7.79. The number of amides is 1. The maximum Gasteiger partial charge on any atom is 0.262 e. The highest BCUT2D eigenvalue weighted by Crippen LogP contribution is 2.19. The standard InChI is InChI=1S/C27H27N3O2S/c1-2-30-26(32)23-15-9-10-16-24(23)28-27(30)33-20-25(31)29(19-22-13-7-4-8-14-22)18-17-21-11-5-3-6-12-21/h3-16H,2,17-20H2,1H3. The number of para-hydroxylation sites is 1. The van der Waals surface area contributed by atoms with Crippen molar-refractivity contribution in [2.24, 2.45) is 0 Å². The Labute approximate surface area is 198 Å². The van der Waals surface area contributed by atoms with Gasteiger partial charge in [-0.2, -0.15) is 0 Å². The Morgan fingerprint density at radius 1 is 0.909 bits per heavy atom. The van der Waals surface area contributed by atoms with Crippen molar-refractivity contribution in [1.82, 2.24) is 14.5 Å². The zero-order chi connectivity index (χ0) is 23.0. The van der Waals surface area contributed by atoms with Gasteiger partial charge < -0.3 is 4.90 Å². The molecule has 0 N–H and O–H groups in total. The van der Waals surface area contributed by atoms with Crippen molar-refractivity contribution in [1.29, 1.82) is 0 Å². The van der Waals surface area contributed by atoms with E-state index in [9.17, 15) is 9.59 Å². The van der Waals surface area contributed by atoms with E-state index in [0.717, 1.165) is 12.0 Å². The van der Waals surface area contributed by atoms with E-state index in [4.69, 9.17) is 0 Å². The van der Waals surface area contributed by atoms with Crippen molar-refractivity contribution in [2.75, 3.05) is 12.3 Å². The lowest BCUT2D eigenvalue weighted by Crippen LogP contribution is -2.34. The second kappa shape index (κ2) is 11.0. The van der Waals surface area contributed by atoms with E-state index in [1.54, 1.807) is 10.6 Å². The van der Waals surface area contributed by atoms with Crippen molar-refractivity contribution in [3.8, 4) is 0 Å². The van der Waals surface area contributed by atoms with Gasteiger partial charge in [0.2, 0.25) is 5.91 Å². The number of fused-ring (bicyclic) bond motifs is 1. The van der Waals surface area contributed by atoms with E-state index >= 15 is 0 Å². The molecule has 1 aromatic heterocycles. The Morgan fingerprint density at radius 2 is 1.55 bits per heavy atom. The largest absolute Gasteiger partial charge is 0.337 e. The molecule has 0 saturated carbocycles. The first-order valence-electron chi connectivity index (χ1n) is 11.1. The first-order chi connectivity index (χ1) is 16.2. The summed E-state index contributed by atoms with van der Waals surface area (Å²) in [5.41, 5.74) is 2.89. The number of nitrogens with zero attached hydrogens (tertiary/aromatic N) is 3. The van der Waals surface area contributed by atoms with E-state index < -0.39 is 0 Å². The molecule has 1 amide bonds. The molecule has 6 heteroatoms. The molecule has 33 heavy (non-hydrogen) atoms. The molecule has 0 fully saturated rings. The van der Waals surface area contributed by atoms with E-state index in [1.807, 2.05) is 78.6 Å². The zero-order valence-electron chi connectivity index (χ0n) is 18.7. The van der Waals surface area contributed by atoms with Gasteiger partial charge in [-0.25, -0.2) is 4.98 Å². The van der Waals surface area contributed by atoms with Crippen LogP contribution in [0.1, 0.15) is 18.1 Å². The van der Waals surface area contributed by atoms with Gasteiger partial charge in [-0.15, -0.1) is 0 Å². The summed E-state index contributed by atoms with van der Waals surface area (Å²) in [7, 11) is 0. The Hall–Kier alpha value is -3.38. The molecule has 0 saturated heterocycles. The zero-order valence-corrected chi connectivity index (χ0v) is 19.5. The number of aromatic nitrogens is 2. The Kier molecular flexibility index (Phi) is 7.58. The minimum atomic E-state index is -0.0664. The van der Waals surface area contributed by atoms with Crippen molar-refractivity contribution in [3.63, 3.8) is 0 Å². The summed E-state index contributed by atoms with van der Waals surface area (Å²) in [5.74, 6) is 0.261. The lowest BCUT2D eigenvalue weighted by molar-refractivity contribution is -0.128. The number of benzene rings is 3. The molecular formula is C27H27N3O2S. The average molecular weight is 458 g/mol. The highest BCUT2D eigenvalue weighted by molar-refractivity contribution is 7.99. The van der Waals surface area contributed by atoms with E-state index in [1.165, 1.54) is 17.3 Å². The van der Waals surface area contributed by atoms with E-state index in [2.05, 4.69) is 17.1 Å². The molecule has 0 bridgehead atoms. The predicted molar refractivity (Wildman–Crippen MR) is 134 cm³/mol. The molecule has 0 unspecified atom stereocenters. The van der Waals surface area contributed by atoms with Crippen LogP contribution in [-0.2, 0) is 24.3 Å². The van der Waals surface area contributed by atoms with Gasteiger partial charge in [-0.3, -0.25) is 14.2 Å². The van der Waals surface area contributed by atoms with Crippen LogP contribution in [0.3, 0.4) is 0 Å². The number of hydrogen-bond acceptors (Lipinski definition) is 4. The van der Waals surface area contributed by atoms with Gasteiger partial charge in [0.25, 0.3) is 5.56 Å². The molecular weight excluding hydrogens is 430 g/mol. The quantitative estimate of drug-likeness (QED) is 0.268. The van der Waals surface area contributed by atoms with E-state index in [-0.39, 0.29) is 17.2 Å². The first kappa shape index (κ1) is 22.8. The Balaban J connectivity index is 1.52. The van der Waals surface area contributed by atoms with Crippen LogP contribution in [0.25, 0.3) is 10.9 Å². The lowest BCUT2D eigenvalue weighted by atomic mass is 10.1. The molecule has 0 aliphatic rings. The molecule has 0 spiro atoms. The summed E-state index contributed by atoms with van der Waals surface area (Å²) in [6.45, 7) is 3.61. The molecule has 0 aliphatic carbocycles. The summed E-state index contributed by atoms with van der Waals surface area (Å²) in [5, 5.41) is 1.18. The molecule has 3 aromatic carbocycles. The molecule has 168 valence electrons. The summed E-state index contributed by atoms with van der Waals surface area (Å²) < 4.78 is 1.64. The van der Waals surface area contributed by atoms with Crippen LogP contribution in [0.15, 0.2) is 94.9 Å². The minimum absolute atomic E-state index is 0.0323. The van der Waals surface area contributed by atoms with Gasteiger partial charge in [0.05, 0.1) is 16.7 Å². The van der Waals surface area contributed by atoms with Crippen LogP contribution in [0.2, 0.25) is 0 Å². The van der Waals surface area contributed by atoms with Crippen LogP contribution >= 0.6 is 11.8 Å². The third-order valence-corrected chi connectivity index (χ3v) is 6.51. The van der Waals surface area contributed by atoms with Gasteiger partial charge in [0.15, 0.2) is 5.16 Å². The summed E-state index contributed by atoms with van der Waals surface area (Å²) in [6.07, 6.45) is 0.790. The molecule has 5 nitrogen and oxygen atoms in total. The van der Waals surface area contributed by atoms with Crippen molar-refractivity contribution >= 4 is 28.6 Å². The first-order valence-corrected chi connectivity index (χ1v) is 12.1. The maximum absolute atomic E-state index is 13.3. The normalized spacial score (nSPS) is 10.9. The number of carbonyl (C=O) groups excluding carboxylic acids is 1. The Morgan fingerprint density at radius 3 is 2.24 bits per heavy atom. The number of thioether (sulfide) groups is 1. The molecule has 0 atom stereocenters. The SMILES string of the molecule is CCn1c(SCC(=O)N(CCc2ccccc2)Cc2ccccc2)nc2ccccc2c1=O. The Bertz CT molecular complexity index is 1270. The maximum atomic E-state index is 13.3. The summed E-state index contributed by atoms with van der Waals surface area (Å²) in [6, 6.07) is 27.6. The molecule has 4 rings (SSSR count). The third-order valence-electron chi connectivity index (χ3n) is 5.55. The minimum Gasteiger partial charge on any atom is -0.337 e. The number of hydrogen-bond donors (Lipinski definition) is 0. The van der Waals surface area contributed by atoms with Gasteiger partial charge >= 0.3 is 0 Å². The number of carbonyl (C=O) groups is 1. The van der Waals surface area contributed by atoms with Crippen LogP contribution < -0.4 is 5.56 Å². The summed E-state index contributed by atoms with van der Waals surface area (Å²) in [4.78, 5) is 32.7. The third kappa shape index (κ3) is 5.71. The highest BCUT2D eigenvalue weighted by Gasteiger charge is 2.17. The molecule has 4 aromatic rings. The fourth-order valence-corrected chi connectivity index (χ4v) is 4.72. The van der Waals surface area contributed by atoms with Crippen molar-refractivity contribution < 1.29 is 4.79 Å². The van der Waals surface area contributed by atoms with Crippen LogP contribution in [0.5, 0.6) is 0 Å². The van der Waals surface area contributed by atoms with Crippen molar-refractivity contribution in [2.45, 2.75) is 31.6 Å². The second-order valence-corrected chi connectivity index (χ2v) is 8.73. The van der Waals surface area contributed by atoms with Crippen molar-refractivity contribution in [3.05, 3.63) is 106 Å². The average Bonchev–Trinajstić information content (AvgIpc) is 2.86. The lowest BCUT2D eigenvalue weighted by Gasteiger charge is -2.23. The predicted octanol–water partition coefficient (Wildman–Crippen LogP) is 4.78. The highest BCUT2D eigenvalue weighted by atomic mass is 32.2. The fourth-order valence-electron chi connectivity index (χ4n) is 3.76. The molecule has 1 heterocycles. The van der Waals surface area contributed by atoms with Crippen LogP contribution in [0, 0.1) is 0 Å². The van der Waals surface area contributed by atoms with Crippen LogP contribution in [0.4, 0.5) is 0 Å². The van der Waals surface area contributed by atoms with Gasteiger partial charge in [0.1, 0.15) is 0 Å².